The zero-order chi connectivity index (χ0) is 16.6. The summed E-state index contributed by atoms with van der Waals surface area (Å²) < 4.78 is 39.3. The number of benzene rings is 1. The molecule has 0 saturated heterocycles. The summed E-state index contributed by atoms with van der Waals surface area (Å²) in [4.78, 5) is 3.74. The summed E-state index contributed by atoms with van der Waals surface area (Å²) in [5, 5.41) is 4.43. The van der Waals surface area contributed by atoms with Gasteiger partial charge in [-0.3, -0.25) is 0 Å². The highest BCUT2D eigenvalue weighted by molar-refractivity contribution is 6.31. The van der Waals surface area contributed by atoms with Crippen molar-refractivity contribution in [2.75, 3.05) is 5.32 Å². The Labute approximate surface area is 140 Å². The minimum atomic E-state index is -4.46. The maximum Gasteiger partial charge on any atom is 0.433 e. The van der Waals surface area contributed by atoms with Crippen molar-refractivity contribution >= 4 is 38.4 Å². The van der Waals surface area contributed by atoms with Crippen LogP contribution >= 0.6 is 11.6 Å². The molecule has 1 saturated carbocycles. The van der Waals surface area contributed by atoms with Gasteiger partial charge in [0, 0.05) is 32.4 Å². The lowest BCUT2D eigenvalue weighted by atomic mass is 9.94. The number of nitrogens with zero attached hydrogens (tertiary/aromatic N) is 1. The van der Waals surface area contributed by atoms with Crippen molar-refractivity contribution < 1.29 is 13.2 Å². The van der Waals surface area contributed by atoms with E-state index in [2.05, 4.69) is 10.3 Å². The Kier molecular flexibility index (Phi) is 4.56. The van der Waals surface area contributed by atoms with Gasteiger partial charge in [0.1, 0.15) is 5.69 Å². The van der Waals surface area contributed by atoms with Crippen molar-refractivity contribution in [1.29, 1.82) is 0 Å². The van der Waals surface area contributed by atoms with Crippen LogP contribution < -0.4 is 5.32 Å². The van der Waals surface area contributed by atoms with E-state index in [0.29, 0.717) is 21.6 Å². The molecule has 2 aromatic rings. The molecule has 1 aromatic carbocycles. The van der Waals surface area contributed by atoms with E-state index < -0.39 is 11.9 Å². The van der Waals surface area contributed by atoms with E-state index in [1.54, 1.807) is 12.1 Å². The molecule has 1 aliphatic rings. The maximum absolute atomic E-state index is 13.1. The zero-order valence-corrected chi connectivity index (χ0v) is 15.5. The molecule has 0 radical (unpaired) electrons. The highest BCUT2D eigenvalue weighted by Crippen LogP contribution is 2.36. The monoisotopic (exact) mass is 358 g/mol. The average Bonchev–Trinajstić information content (AvgIpc) is 2.49. The molecule has 23 heavy (non-hydrogen) atoms. The van der Waals surface area contributed by atoms with Gasteiger partial charge in [0.2, 0.25) is 0 Å². The lowest BCUT2D eigenvalue weighted by Crippen LogP contribution is -2.25. The number of halogens is 4. The summed E-state index contributed by atoms with van der Waals surface area (Å²) in [5.74, 6) is 0. The molecule has 124 valence electrons. The van der Waals surface area contributed by atoms with Gasteiger partial charge < -0.3 is 5.32 Å². The molecule has 0 bridgehead atoms. The van der Waals surface area contributed by atoms with Crippen LogP contribution in [0.25, 0.3) is 10.9 Å². The molecular formula is C16H18ClF3N2Si. The molecule has 0 amide bonds. The van der Waals surface area contributed by atoms with E-state index in [1.165, 1.54) is 16.3 Å². The Hall–Kier alpha value is -1.27. The Morgan fingerprint density at radius 1 is 1.13 bits per heavy atom. The smallest absolute Gasteiger partial charge is 0.382 e. The highest BCUT2D eigenvalue weighted by Gasteiger charge is 2.33. The van der Waals surface area contributed by atoms with Gasteiger partial charge in [-0.15, -0.1) is 0 Å². The van der Waals surface area contributed by atoms with Crippen LogP contribution in [0.2, 0.25) is 10.6 Å². The fourth-order valence-corrected chi connectivity index (χ4v) is 3.93. The van der Waals surface area contributed by atoms with Crippen molar-refractivity contribution in [3.8, 4) is 0 Å². The minimum Gasteiger partial charge on any atom is -0.382 e. The van der Waals surface area contributed by atoms with Crippen LogP contribution in [0.15, 0.2) is 24.3 Å². The standard InChI is InChI=1S/C16H18ClF3N2Si/c17-9-1-6-13-12(7-9)14(8-15(22-13)16(18,19)20)21-10-2-4-11(23)5-3-10/h1,6-8,10-11H,2-5H2,23H3,(H,21,22)/t10-,11+. The molecule has 2 nitrogen and oxygen atoms in total. The maximum atomic E-state index is 13.1. The molecule has 0 atom stereocenters. The largest absolute Gasteiger partial charge is 0.433 e. The van der Waals surface area contributed by atoms with Crippen LogP contribution in [0.3, 0.4) is 0 Å². The summed E-state index contributed by atoms with van der Waals surface area (Å²) in [6.45, 7) is 0. The van der Waals surface area contributed by atoms with Gasteiger partial charge in [0.15, 0.2) is 0 Å². The van der Waals surface area contributed by atoms with E-state index >= 15 is 0 Å². The van der Waals surface area contributed by atoms with Gasteiger partial charge in [-0.25, -0.2) is 4.98 Å². The minimum absolute atomic E-state index is 0.214. The lowest BCUT2D eigenvalue weighted by Gasteiger charge is -2.28. The summed E-state index contributed by atoms with van der Waals surface area (Å²) in [6.07, 6.45) is -0.156. The second-order valence-electron chi connectivity index (χ2n) is 6.32. The van der Waals surface area contributed by atoms with Gasteiger partial charge >= 0.3 is 6.18 Å². The van der Waals surface area contributed by atoms with Crippen molar-refractivity contribution in [2.24, 2.45) is 0 Å². The molecule has 1 aromatic heterocycles. The van der Waals surface area contributed by atoms with Gasteiger partial charge in [-0.1, -0.05) is 30.0 Å². The predicted molar refractivity (Wildman–Crippen MR) is 91.3 cm³/mol. The van der Waals surface area contributed by atoms with Crippen LogP contribution in [0.4, 0.5) is 18.9 Å². The number of pyridine rings is 1. The number of fused-ring (bicyclic) bond motifs is 1. The SMILES string of the molecule is FC(F)(F)c1cc(N[C@H]2CC[C@@H]([SiH3])CC2)c2cc(Cl)ccc2n1. The molecule has 1 aliphatic carbocycles. The van der Waals surface area contributed by atoms with Crippen molar-refractivity contribution in [1.82, 2.24) is 4.98 Å². The first kappa shape index (κ1) is 16.6. The predicted octanol–water partition coefficient (Wildman–Crippen LogP) is 4.42. The topological polar surface area (TPSA) is 24.9 Å². The molecule has 7 heteroatoms. The number of hydrogen-bond donors (Lipinski definition) is 1. The second-order valence-corrected chi connectivity index (χ2v) is 8.38. The number of aromatic nitrogens is 1. The van der Waals surface area contributed by atoms with Gasteiger partial charge in [-0.2, -0.15) is 13.2 Å². The normalized spacial score (nSPS) is 22.4. The first-order chi connectivity index (χ1) is 10.8. The van der Waals surface area contributed by atoms with Gasteiger partial charge in [-0.05, 0) is 37.1 Å². The van der Waals surface area contributed by atoms with E-state index in [0.717, 1.165) is 37.3 Å². The van der Waals surface area contributed by atoms with Gasteiger partial charge in [0.05, 0.1) is 5.52 Å². The number of alkyl halides is 3. The van der Waals surface area contributed by atoms with E-state index in [9.17, 15) is 13.2 Å². The Bertz CT molecular complexity index is 712. The average molecular weight is 359 g/mol. The van der Waals surface area contributed by atoms with Crippen LogP contribution in [-0.2, 0) is 6.18 Å². The zero-order valence-electron chi connectivity index (χ0n) is 12.8. The summed E-state index contributed by atoms with van der Waals surface area (Å²) in [7, 11) is 1.19. The molecule has 1 N–H and O–H groups in total. The summed E-state index contributed by atoms with van der Waals surface area (Å²) >= 11 is 6.01. The second kappa shape index (κ2) is 6.32. The molecule has 1 heterocycles. The molecule has 3 rings (SSSR count). The van der Waals surface area contributed by atoms with Crippen molar-refractivity contribution in [3.63, 3.8) is 0 Å². The van der Waals surface area contributed by atoms with E-state index in [-0.39, 0.29) is 6.04 Å². The Balaban J connectivity index is 2.00. The first-order valence-electron chi connectivity index (χ1n) is 7.77. The lowest BCUT2D eigenvalue weighted by molar-refractivity contribution is -0.140. The third-order valence-electron chi connectivity index (χ3n) is 4.44. The summed E-state index contributed by atoms with van der Waals surface area (Å²) in [6, 6.07) is 6.09. The molecule has 0 unspecified atom stereocenters. The van der Waals surface area contributed by atoms with Crippen molar-refractivity contribution in [3.05, 3.63) is 35.0 Å². The fraction of sp³-hybridized carbons (Fsp3) is 0.438. The first-order valence-corrected chi connectivity index (χ1v) is 9.30. The fourth-order valence-electron chi connectivity index (χ4n) is 3.09. The van der Waals surface area contributed by atoms with Crippen LogP contribution in [0.5, 0.6) is 0 Å². The summed E-state index contributed by atoms with van der Waals surface area (Å²) in [5.41, 5.74) is 0.735. The van der Waals surface area contributed by atoms with E-state index in [1.807, 2.05) is 0 Å². The number of rotatable bonds is 2. The van der Waals surface area contributed by atoms with Gasteiger partial charge in [0.25, 0.3) is 0 Å². The molecular weight excluding hydrogens is 341 g/mol. The Morgan fingerprint density at radius 2 is 1.83 bits per heavy atom. The third-order valence-corrected chi connectivity index (χ3v) is 5.83. The molecule has 0 spiro atoms. The molecule has 0 aliphatic heterocycles. The van der Waals surface area contributed by atoms with Crippen molar-refractivity contribution in [2.45, 2.75) is 43.4 Å². The number of nitrogens with one attached hydrogen (secondary N) is 1. The number of hydrogen-bond acceptors (Lipinski definition) is 2. The highest BCUT2D eigenvalue weighted by atomic mass is 35.5. The number of anilines is 1. The van der Waals surface area contributed by atoms with Crippen LogP contribution in [0.1, 0.15) is 31.4 Å². The van der Waals surface area contributed by atoms with Crippen LogP contribution in [-0.4, -0.2) is 21.3 Å². The third kappa shape index (κ3) is 3.80. The van der Waals surface area contributed by atoms with Crippen LogP contribution in [0, 0.1) is 0 Å². The molecule has 1 fully saturated rings. The van der Waals surface area contributed by atoms with E-state index in [4.69, 9.17) is 11.6 Å². The Morgan fingerprint density at radius 3 is 2.48 bits per heavy atom. The quantitative estimate of drug-likeness (QED) is 0.804.